The molecule has 0 aromatic heterocycles. The minimum Gasteiger partial charge on any atom is -0.481 e. The zero-order valence-electron chi connectivity index (χ0n) is 13.5. The summed E-state index contributed by atoms with van der Waals surface area (Å²) in [5.74, 6) is -0.00165. The fourth-order valence-electron chi connectivity index (χ4n) is 4.93. The number of carboxylic acids is 1. The summed E-state index contributed by atoms with van der Waals surface area (Å²) in [5.41, 5.74) is 0. The van der Waals surface area contributed by atoms with Crippen LogP contribution < -0.4 is 0 Å². The van der Waals surface area contributed by atoms with Crippen LogP contribution in [0.5, 0.6) is 0 Å². The molecule has 2 aliphatic heterocycles. The van der Waals surface area contributed by atoms with Crippen molar-refractivity contribution in [3.05, 3.63) is 0 Å². The summed E-state index contributed by atoms with van der Waals surface area (Å²) in [6.07, 6.45) is 6.86. The number of rotatable bonds is 3. The molecule has 2 heterocycles. The molecule has 21 heavy (non-hydrogen) atoms. The number of nitrogens with zero attached hydrogens (tertiary/aromatic N) is 2. The molecule has 3 fully saturated rings. The van der Waals surface area contributed by atoms with Crippen LogP contribution in [0.4, 0.5) is 0 Å². The van der Waals surface area contributed by atoms with E-state index in [1.165, 1.54) is 25.8 Å². The van der Waals surface area contributed by atoms with Gasteiger partial charge in [0, 0.05) is 31.2 Å². The minimum absolute atomic E-state index is 0.150. The average molecular weight is 294 g/mol. The Morgan fingerprint density at radius 1 is 1.24 bits per heavy atom. The van der Waals surface area contributed by atoms with Gasteiger partial charge in [0.05, 0.1) is 5.92 Å². The lowest BCUT2D eigenvalue weighted by molar-refractivity contribution is -0.148. The van der Waals surface area contributed by atoms with Gasteiger partial charge in [-0.3, -0.25) is 14.6 Å². The Bertz CT molecular complexity index is 387. The third-order valence-electron chi connectivity index (χ3n) is 6.23. The first-order valence-electron chi connectivity index (χ1n) is 8.82. The molecule has 1 aliphatic carbocycles. The van der Waals surface area contributed by atoms with Gasteiger partial charge in [-0.2, -0.15) is 0 Å². The molecule has 0 aromatic rings. The monoisotopic (exact) mass is 294 g/mol. The van der Waals surface area contributed by atoms with E-state index in [0.717, 1.165) is 38.3 Å². The number of fused-ring (bicyclic) bond motifs is 1. The Labute approximate surface area is 128 Å². The van der Waals surface area contributed by atoms with Crippen LogP contribution in [0.1, 0.15) is 52.4 Å². The van der Waals surface area contributed by atoms with E-state index in [9.17, 15) is 9.90 Å². The maximum atomic E-state index is 11.7. The third-order valence-corrected chi connectivity index (χ3v) is 6.23. The Morgan fingerprint density at radius 2 is 2.05 bits per heavy atom. The van der Waals surface area contributed by atoms with Crippen molar-refractivity contribution in [1.82, 2.24) is 9.80 Å². The quantitative estimate of drug-likeness (QED) is 0.868. The SMILES string of the molecule is CCC1CCC(C(=O)O)C(N2CC3CCCN3CC2C)C1. The molecule has 5 atom stereocenters. The van der Waals surface area contributed by atoms with Crippen LogP contribution in [-0.4, -0.2) is 58.6 Å². The van der Waals surface area contributed by atoms with E-state index in [4.69, 9.17) is 0 Å². The largest absolute Gasteiger partial charge is 0.481 e. The predicted octanol–water partition coefficient (Wildman–Crippen LogP) is 2.43. The van der Waals surface area contributed by atoms with Gasteiger partial charge in [-0.25, -0.2) is 0 Å². The molecule has 1 N–H and O–H groups in total. The molecule has 120 valence electrons. The molecule has 0 radical (unpaired) electrons. The van der Waals surface area contributed by atoms with Gasteiger partial charge >= 0.3 is 5.97 Å². The molecule has 0 aromatic carbocycles. The van der Waals surface area contributed by atoms with Crippen LogP contribution in [0.2, 0.25) is 0 Å². The fraction of sp³-hybridized carbons (Fsp3) is 0.941. The van der Waals surface area contributed by atoms with Crippen LogP contribution in [0.3, 0.4) is 0 Å². The maximum Gasteiger partial charge on any atom is 0.308 e. The number of piperazine rings is 1. The summed E-state index contributed by atoms with van der Waals surface area (Å²) in [7, 11) is 0. The molecule has 4 nitrogen and oxygen atoms in total. The summed E-state index contributed by atoms with van der Waals surface area (Å²) >= 11 is 0. The molecule has 3 rings (SSSR count). The molecular formula is C17H30N2O2. The van der Waals surface area contributed by atoms with Crippen molar-refractivity contribution in [3.8, 4) is 0 Å². The molecule has 1 saturated carbocycles. The topological polar surface area (TPSA) is 43.8 Å². The highest BCUT2D eigenvalue weighted by Crippen LogP contribution is 2.37. The number of hydrogen-bond donors (Lipinski definition) is 1. The second-order valence-corrected chi connectivity index (χ2v) is 7.44. The van der Waals surface area contributed by atoms with Gasteiger partial charge in [0.15, 0.2) is 0 Å². The summed E-state index contributed by atoms with van der Waals surface area (Å²) in [6.45, 7) is 8.01. The van der Waals surface area contributed by atoms with Crippen LogP contribution in [-0.2, 0) is 4.79 Å². The summed E-state index contributed by atoms with van der Waals surface area (Å²) in [4.78, 5) is 16.9. The highest BCUT2D eigenvalue weighted by atomic mass is 16.4. The zero-order valence-corrected chi connectivity index (χ0v) is 13.5. The first-order chi connectivity index (χ1) is 10.1. The van der Waals surface area contributed by atoms with Gasteiger partial charge in [-0.05, 0) is 51.5 Å². The van der Waals surface area contributed by atoms with Crippen LogP contribution in [0.15, 0.2) is 0 Å². The molecule has 2 saturated heterocycles. The highest BCUT2D eigenvalue weighted by Gasteiger charge is 2.43. The normalized spacial score (nSPS) is 41.9. The lowest BCUT2D eigenvalue weighted by atomic mass is 9.75. The Morgan fingerprint density at radius 3 is 2.76 bits per heavy atom. The number of hydrogen-bond acceptors (Lipinski definition) is 3. The van der Waals surface area contributed by atoms with E-state index in [2.05, 4.69) is 23.6 Å². The second kappa shape index (κ2) is 6.25. The minimum atomic E-state index is -0.574. The highest BCUT2D eigenvalue weighted by molar-refractivity contribution is 5.71. The summed E-state index contributed by atoms with van der Waals surface area (Å²) < 4.78 is 0. The lowest BCUT2D eigenvalue weighted by Gasteiger charge is -2.49. The first-order valence-corrected chi connectivity index (χ1v) is 8.82. The van der Waals surface area contributed by atoms with E-state index >= 15 is 0 Å². The zero-order chi connectivity index (χ0) is 15.0. The van der Waals surface area contributed by atoms with E-state index in [0.29, 0.717) is 12.1 Å². The van der Waals surface area contributed by atoms with Gasteiger partial charge in [-0.15, -0.1) is 0 Å². The van der Waals surface area contributed by atoms with Crippen molar-refractivity contribution in [2.45, 2.75) is 70.5 Å². The smallest absolute Gasteiger partial charge is 0.308 e. The molecule has 0 bridgehead atoms. The van der Waals surface area contributed by atoms with Crippen LogP contribution >= 0.6 is 0 Å². The van der Waals surface area contributed by atoms with Gasteiger partial charge in [0.25, 0.3) is 0 Å². The second-order valence-electron chi connectivity index (χ2n) is 7.44. The van der Waals surface area contributed by atoms with Gasteiger partial charge in [0.2, 0.25) is 0 Å². The number of carboxylic acid groups (broad SMARTS) is 1. The number of carbonyl (C=O) groups is 1. The lowest BCUT2D eigenvalue weighted by Crippen LogP contribution is -2.61. The van der Waals surface area contributed by atoms with Gasteiger partial charge < -0.3 is 5.11 Å². The number of aliphatic carboxylic acids is 1. The van der Waals surface area contributed by atoms with Crippen molar-refractivity contribution < 1.29 is 9.90 Å². The molecule has 5 unspecified atom stereocenters. The average Bonchev–Trinajstić information content (AvgIpc) is 2.92. The Hall–Kier alpha value is -0.610. The molecule has 0 spiro atoms. The molecule has 3 aliphatic rings. The van der Waals surface area contributed by atoms with E-state index < -0.39 is 5.97 Å². The summed E-state index contributed by atoms with van der Waals surface area (Å²) in [6, 6.07) is 1.44. The van der Waals surface area contributed by atoms with Gasteiger partial charge in [-0.1, -0.05) is 13.3 Å². The van der Waals surface area contributed by atoms with Crippen molar-refractivity contribution in [1.29, 1.82) is 0 Å². The molecule has 4 heteroatoms. The molecule has 0 amide bonds. The standard InChI is InChI=1S/C17H30N2O2/c1-3-13-6-7-15(17(20)21)16(9-13)19-11-14-5-4-8-18(14)10-12(19)2/h12-16H,3-11H2,1-2H3,(H,20,21). The van der Waals surface area contributed by atoms with Crippen molar-refractivity contribution in [3.63, 3.8) is 0 Å². The van der Waals surface area contributed by atoms with Crippen LogP contribution in [0, 0.1) is 11.8 Å². The van der Waals surface area contributed by atoms with E-state index in [-0.39, 0.29) is 12.0 Å². The van der Waals surface area contributed by atoms with E-state index in [1.54, 1.807) is 0 Å². The predicted molar refractivity (Wildman–Crippen MR) is 83.3 cm³/mol. The maximum absolute atomic E-state index is 11.7. The van der Waals surface area contributed by atoms with Crippen molar-refractivity contribution in [2.24, 2.45) is 11.8 Å². The fourth-order valence-corrected chi connectivity index (χ4v) is 4.93. The van der Waals surface area contributed by atoms with E-state index in [1.807, 2.05) is 0 Å². The van der Waals surface area contributed by atoms with Crippen molar-refractivity contribution >= 4 is 5.97 Å². The van der Waals surface area contributed by atoms with Gasteiger partial charge in [0.1, 0.15) is 0 Å². The third kappa shape index (κ3) is 2.98. The van der Waals surface area contributed by atoms with Crippen LogP contribution in [0.25, 0.3) is 0 Å². The Kier molecular flexibility index (Phi) is 4.55. The Balaban J connectivity index is 1.75. The summed E-state index contributed by atoms with van der Waals surface area (Å²) in [5, 5.41) is 9.63. The first kappa shape index (κ1) is 15.3. The van der Waals surface area contributed by atoms with Crippen molar-refractivity contribution in [2.75, 3.05) is 19.6 Å². The molecular weight excluding hydrogens is 264 g/mol.